The molecule has 0 radical (unpaired) electrons. The van der Waals surface area contributed by atoms with E-state index in [-0.39, 0.29) is 5.54 Å². The first-order valence-corrected chi connectivity index (χ1v) is 8.31. The molecule has 6 nitrogen and oxygen atoms in total. The van der Waals surface area contributed by atoms with E-state index in [9.17, 15) is 0 Å². The fraction of sp³-hybridized carbons (Fsp3) is 0.933. The van der Waals surface area contributed by atoms with Crippen molar-refractivity contribution >= 4 is 5.84 Å². The maximum Gasteiger partial charge on any atom is 0.117 e. The van der Waals surface area contributed by atoms with Gasteiger partial charge in [-0.3, -0.25) is 9.89 Å². The summed E-state index contributed by atoms with van der Waals surface area (Å²) < 4.78 is 5.40. The van der Waals surface area contributed by atoms with Gasteiger partial charge in [0.2, 0.25) is 0 Å². The molecule has 0 saturated carbocycles. The van der Waals surface area contributed by atoms with Gasteiger partial charge in [-0.1, -0.05) is 0 Å². The standard InChI is InChI=1S/C15H29N5O/c1-19-7-2-15(3-8-19)14(16-4-5-18-15)17-6-9-20-10-12-21-13-11-20/h18H,2-13H2,1H3,(H,16,17). The third-order valence-electron chi connectivity index (χ3n) is 4.96. The van der Waals surface area contributed by atoms with Crippen molar-refractivity contribution in [2.75, 3.05) is 72.6 Å². The fourth-order valence-electron chi connectivity index (χ4n) is 3.49. The Hall–Kier alpha value is -0.690. The van der Waals surface area contributed by atoms with Crippen molar-refractivity contribution in [3.8, 4) is 0 Å². The van der Waals surface area contributed by atoms with Crippen molar-refractivity contribution in [3.63, 3.8) is 0 Å². The summed E-state index contributed by atoms with van der Waals surface area (Å²) in [6.07, 6.45) is 2.32. The minimum absolute atomic E-state index is 0.107. The molecule has 2 N–H and O–H groups in total. The van der Waals surface area contributed by atoms with Crippen molar-refractivity contribution in [2.24, 2.45) is 4.99 Å². The van der Waals surface area contributed by atoms with Crippen LogP contribution in [0.1, 0.15) is 12.8 Å². The van der Waals surface area contributed by atoms with E-state index < -0.39 is 0 Å². The Bertz CT molecular complexity index is 359. The van der Waals surface area contributed by atoms with Crippen LogP contribution in [0.2, 0.25) is 0 Å². The Labute approximate surface area is 127 Å². The van der Waals surface area contributed by atoms with Crippen molar-refractivity contribution in [1.29, 1.82) is 0 Å². The first-order chi connectivity index (χ1) is 10.3. The molecule has 2 saturated heterocycles. The molecule has 3 heterocycles. The fourth-order valence-corrected chi connectivity index (χ4v) is 3.49. The molecule has 120 valence electrons. The van der Waals surface area contributed by atoms with Crippen LogP contribution < -0.4 is 10.6 Å². The second-order valence-electron chi connectivity index (χ2n) is 6.42. The number of nitrogens with zero attached hydrogens (tertiary/aromatic N) is 3. The smallest absolute Gasteiger partial charge is 0.117 e. The summed E-state index contributed by atoms with van der Waals surface area (Å²) >= 11 is 0. The van der Waals surface area contributed by atoms with E-state index in [4.69, 9.17) is 9.73 Å². The molecule has 0 amide bonds. The zero-order valence-electron chi connectivity index (χ0n) is 13.2. The van der Waals surface area contributed by atoms with E-state index in [2.05, 4.69) is 27.5 Å². The van der Waals surface area contributed by atoms with Crippen LogP contribution in [-0.4, -0.2) is 93.8 Å². The molecule has 0 aromatic carbocycles. The van der Waals surface area contributed by atoms with Gasteiger partial charge in [0.05, 0.1) is 25.3 Å². The number of nitrogens with one attached hydrogen (secondary N) is 2. The molecular weight excluding hydrogens is 266 g/mol. The van der Waals surface area contributed by atoms with Crippen molar-refractivity contribution < 1.29 is 4.74 Å². The van der Waals surface area contributed by atoms with Gasteiger partial charge in [-0.2, -0.15) is 0 Å². The largest absolute Gasteiger partial charge is 0.379 e. The Morgan fingerprint density at radius 3 is 2.76 bits per heavy atom. The number of ether oxygens (including phenoxy) is 1. The molecule has 21 heavy (non-hydrogen) atoms. The molecule has 3 rings (SSSR count). The van der Waals surface area contributed by atoms with Crippen LogP contribution in [0.5, 0.6) is 0 Å². The molecule has 0 aliphatic carbocycles. The molecule has 3 aliphatic heterocycles. The number of morpholine rings is 1. The van der Waals surface area contributed by atoms with Crippen LogP contribution in [0, 0.1) is 0 Å². The predicted molar refractivity (Wildman–Crippen MR) is 85.0 cm³/mol. The molecule has 2 fully saturated rings. The number of rotatable bonds is 3. The SMILES string of the molecule is CN1CCC2(CC1)NCCN=C2NCCN1CCOCC1. The average molecular weight is 295 g/mol. The van der Waals surface area contributed by atoms with Gasteiger partial charge in [0, 0.05) is 45.8 Å². The van der Waals surface area contributed by atoms with Crippen molar-refractivity contribution in [2.45, 2.75) is 18.4 Å². The molecule has 0 aromatic heterocycles. The third kappa shape index (κ3) is 3.74. The third-order valence-corrected chi connectivity index (χ3v) is 4.96. The normalized spacial score (nSPS) is 27.6. The van der Waals surface area contributed by atoms with Gasteiger partial charge in [-0.05, 0) is 19.9 Å². The summed E-state index contributed by atoms with van der Waals surface area (Å²) in [6.45, 7) is 10.1. The number of piperidine rings is 1. The van der Waals surface area contributed by atoms with E-state index >= 15 is 0 Å². The van der Waals surface area contributed by atoms with Crippen LogP contribution in [-0.2, 0) is 4.74 Å². The number of likely N-dealkylation sites (tertiary alicyclic amines) is 1. The summed E-state index contributed by atoms with van der Waals surface area (Å²) in [5.74, 6) is 1.20. The van der Waals surface area contributed by atoms with E-state index in [0.29, 0.717) is 0 Å². The molecule has 0 bridgehead atoms. The number of hydrogen-bond acceptors (Lipinski definition) is 6. The van der Waals surface area contributed by atoms with E-state index in [1.165, 1.54) is 5.84 Å². The maximum atomic E-state index is 5.40. The zero-order chi connectivity index (χ0) is 14.5. The molecule has 3 aliphatic rings. The summed E-state index contributed by atoms with van der Waals surface area (Å²) in [6, 6.07) is 0. The Morgan fingerprint density at radius 1 is 1.24 bits per heavy atom. The minimum atomic E-state index is 0.107. The van der Waals surface area contributed by atoms with Gasteiger partial charge in [0.15, 0.2) is 0 Å². The topological polar surface area (TPSA) is 52.1 Å². The predicted octanol–water partition coefficient (Wildman–Crippen LogP) is -0.626. The van der Waals surface area contributed by atoms with E-state index in [0.717, 1.165) is 78.4 Å². The zero-order valence-corrected chi connectivity index (χ0v) is 13.2. The average Bonchev–Trinajstić information content (AvgIpc) is 2.53. The van der Waals surface area contributed by atoms with Gasteiger partial charge in [0.1, 0.15) is 5.84 Å². The molecule has 1 spiro atoms. The highest BCUT2D eigenvalue weighted by molar-refractivity contribution is 5.92. The Kier molecular flexibility index (Phi) is 5.11. The first-order valence-electron chi connectivity index (χ1n) is 8.31. The lowest BCUT2D eigenvalue weighted by Gasteiger charge is -2.44. The van der Waals surface area contributed by atoms with Gasteiger partial charge in [-0.25, -0.2) is 0 Å². The second-order valence-corrected chi connectivity index (χ2v) is 6.42. The van der Waals surface area contributed by atoms with Crippen LogP contribution in [0.4, 0.5) is 0 Å². The summed E-state index contributed by atoms with van der Waals surface area (Å²) in [7, 11) is 2.21. The summed E-state index contributed by atoms with van der Waals surface area (Å²) in [5, 5.41) is 7.37. The lowest BCUT2D eigenvalue weighted by molar-refractivity contribution is 0.0388. The number of aliphatic imine (C=N–C) groups is 1. The summed E-state index contributed by atoms with van der Waals surface area (Å²) in [4.78, 5) is 9.67. The van der Waals surface area contributed by atoms with E-state index in [1.807, 2.05) is 0 Å². The Morgan fingerprint density at radius 2 is 2.00 bits per heavy atom. The highest BCUT2D eigenvalue weighted by atomic mass is 16.5. The molecule has 6 heteroatoms. The monoisotopic (exact) mass is 295 g/mol. The van der Waals surface area contributed by atoms with Crippen molar-refractivity contribution in [3.05, 3.63) is 0 Å². The van der Waals surface area contributed by atoms with Crippen LogP contribution >= 0.6 is 0 Å². The molecule has 0 atom stereocenters. The number of hydrogen-bond donors (Lipinski definition) is 2. The Balaban J connectivity index is 1.51. The second kappa shape index (κ2) is 7.05. The summed E-state index contributed by atoms with van der Waals surface area (Å²) in [5.41, 5.74) is 0.107. The highest BCUT2D eigenvalue weighted by Crippen LogP contribution is 2.24. The number of amidine groups is 1. The minimum Gasteiger partial charge on any atom is -0.379 e. The van der Waals surface area contributed by atoms with Crippen LogP contribution in [0.3, 0.4) is 0 Å². The lowest BCUT2D eigenvalue weighted by atomic mass is 9.85. The maximum absolute atomic E-state index is 5.40. The first kappa shape index (κ1) is 15.2. The molecular formula is C15H29N5O. The van der Waals surface area contributed by atoms with Gasteiger partial charge in [0.25, 0.3) is 0 Å². The van der Waals surface area contributed by atoms with Crippen molar-refractivity contribution in [1.82, 2.24) is 20.4 Å². The van der Waals surface area contributed by atoms with Gasteiger partial charge >= 0.3 is 0 Å². The van der Waals surface area contributed by atoms with Gasteiger partial charge < -0.3 is 20.3 Å². The quantitative estimate of drug-likeness (QED) is 0.726. The lowest BCUT2D eigenvalue weighted by Crippen LogP contribution is -2.64. The molecule has 0 aromatic rings. The molecule has 0 unspecified atom stereocenters. The highest BCUT2D eigenvalue weighted by Gasteiger charge is 2.39. The van der Waals surface area contributed by atoms with Gasteiger partial charge in [-0.15, -0.1) is 0 Å². The van der Waals surface area contributed by atoms with E-state index in [1.54, 1.807) is 0 Å². The van der Waals surface area contributed by atoms with Crippen LogP contribution in [0.15, 0.2) is 4.99 Å². The van der Waals surface area contributed by atoms with Crippen LogP contribution in [0.25, 0.3) is 0 Å².